The van der Waals surface area contributed by atoms with E-state index in [1.54, 1.807) is 5.32 Å². The van der Waals surface area contributed by atoms with Crippen molar-refractivity contribution in [3.63, 3.8) is 0 Å². The van der Waals surface area contributed by atoms with Crippen LogP contribution in [-0.4, -0.2) is 58.4 Å². The summed E-state index contributed by atoms with van der Waals surface area (Å²) in [4.78, 5) is 56.8. The van der Waals surface area contributed by atoms with Gasteiger partial charge in [-0.3, -0.25) is 25.0 Å². The summed E-state index contributed by atoms with van der Waals surface area (Å²) < 4.78 is 54.7. The van der Waals surface area contributed by atoms with Crippen LogP contribution in [0.5, 0.6) is 0 Å². The lowest BCUT2D eigenvalue weighted by Gasteiger charge is -2.39. The predicted octanol–water partition coefficient (Wildman–Crippen LogP) is 3.07. The number of ether oxygens (including phenoxy) is 3. The molecular weight excluding hydrogens is 523 g/mol. The van der Waals surface area contributed by atoms with Gasteiger partial charge in [-0.2, -0.15) is 13.2 Å². The maximum absolute atomic E-state index is 12.9. The van der Waals surface area contributed by atoms with Gasteiger partial charge in [0.05, 0.1) is 33.1 Å². The number of nitrogens with zero attached hydrogens (tertiary/aromatic N) is 2. The van der Waals surface area contributed by atoms with Crippen molar-refractivity contribution < 1.29 is 51.6 Å². The fourth-order valence-electron chi connectivity index (χ4n) is 3.50. The highest BCUT2D eigenvalue weighted by molar-refractivity contribution is 5.90. The number of amides is 1. The molecule has 4 atom stereocenters. The number of alkyl halides is 3. The summed E-state index contributed by atoms with van der Waals surface area (Å²) in [7, 11) is 0. The van der Waals surface area contributed by atoms with E-state index in [4.69, 9.17) is 14.2 Å². The molecule has 0 aliphatic carbocycles. The summed E-state index contributed by atoms with van der Waals surface area (Å²) >= 11 is 0. The van der Waals surface area contributed by atoms with Crippen molar-refractivity contribution in [1.29, 1.82) is 0 Å². The molecule has 1 aliphatic heterocycles. The minimum absolute atomic E-state index is 0.116. The number of nitro benzene ring substituents is 2. The van der Waals surface area contributed by atoms with Crippen LogP contribution in [0, 0.1) is 20.2 Å². The molecule has 0 spiro atoms. The molecule has 3 rings (SSSR count). The van der Waals surface area contributed by atoms with Gasteiger partial charge in [0.1, 0.15) is 6.10 Å². The van der Waals surface area contributed by atoms with Crippen LogP contribution in [-0.2, 0) is 19.0 Å². The Hall–Kier alpha value is -4.60. The fraction of sp³-hybridized carbons (Fsp3) is 0.318. The lowest BCUT2D eigenvalue weighted by Crippen LogP contribution is -2.58. The summed E-state index contributed by atoms with van der Waals surface area (Å²) in [5, 5.41) is 23.3. The summed E-state index contributed by atoms with van der Waals surface area (Å²) in [6.45, 7) is 1.30. The Labute approximate surface area is 210 Å². The van der Waals surface area contributed by atoms with Crippen LogP contribution in [0.15, 0.2) is 48.5 Å². The summed E-state index contributed by atoms with van der Waals surface area (Å²) in [5.41, 5.74) is -0.884. The molecular formula is C22H18F3N3O10. The molecule has 1 saturated heterocycles. The maximum atomic E-state index is 12.9. The molecule has 2 aromatic rings. The second-order valence-electron chi connectivity index (χ2n) is 7.97. The monoisotopic (exact) mass is 541 g/mol. The van der Waals surface area contributed by atoms with E-state index in [2.05, 4.69) is 0 Å². The summed E-state index contributed by atoms with van der Waals surface area (Å²) in [6, 6.07) is 6.96. The first kappa shape index (κ1) is 28.0. The quantitative estimate of drug-likeness (QED) is 0.311. The van der Waals surface area contributed by atoms with E-state index < -0.39 is 64.8 Å². The third kappa shape index (κ3) is 6.78. The SMILES string of the molecule is CC1OC(OC(=O)c2ccc([N+](=O)[O-])cc2)CC(NC(=O)C(F)(F)F)C1OC(=O)c1ccc([N+](=O)[O-])cc1. The molecule has 1 heterocycles. The molecule has 1 N–H and O–H groups in total. The van der Waals surface area contributed by atoms with E-state index in [0.717, 1.165) is 48.5 Å². The van der Waals surface area contributed by atoms with E-state index in [0.29, 0.717) is 0 Å². The lowest BCUT2D eigenvalue weighted by molar-refractivity contribution is -0.385. The molecule has 4 unspecified atom stereocenters. The van der Waals surface area contributed by atoms with E-state index in [9.17, 15) is 47.8 Å². The Morgan fingerprint density at radius 1 is 0.895 bits per heavy atom. The molecule has 0 saturated carbocycles. The molecule has 0 radical (unpaired) electrons. The first-order valence-electron chi connectivity index (χ1n) is 10.7. The first-order chi connectivity index (χ1) is 17.8. The number of rotatable bonds is 7. The predicted molar refractivity (Wildman–Crippen MR) is 118 cm³/mol. The van der Waals surface area contributed by atoms with Crippen LogP contribution in [0.4, 0.5) is 24.5 Å². The minimum Gasteiger partial charge on any atom is -0.454 e. The average Bonchev–Trinajstić information content (AvgIpc) is 2.85. The molecule has 13 nitrogen and oxygen atoms in total. The normalized spacial score (nSPS) is 21.2. The molecule has 1 aliphatic rings. The number of halogens is 3. The molecule has 0 aromatic heterocycles. The molecule has 202 valence electrons. The largest absolute Gasteiger partial charge is 0.471 e. The van der Waals surface area contributed by atoms with Crippen LogP contribution >= 0.6 is 0 Å². The van der Waals surface area contributed by atoms with Gasteiger partial charge in [-0.15, -0.1) is 0 Å². The third-order valence-electron chi connectivity index (χ3n) is 5.36. The van der Waals surface area contributed by atoms with Crippen LogP contribution in [0.25, 0.3) is 0 Å². The fourth-order valence-corrected chi connectivity index (χ4v) is 3.50. The van der Waals surface area contributed by atoms with Crippen molar-refractivity contribution in [2.24, 2.45) is 0 Å². The lowest BCUT2D eigenvalue weighted by atomic mass is 9.98. The van der Waals surface area contributed by atoms with E-state index in [-0.39, 0.29) is 22.5 Å². The van der Waals surface area contributed by atoms with Crippen molar-refractivity contribution in [3.05, 3.63) is 79.9 Å². The molecule has 2 aromatic carbocycles. The highest BCUT2D eigenvalue weighted by Gasteiger charge is 2.46. The number of non-ortho nitro benzene ring substituents is 2. The standard InChI is InChI=1S/C22H18F3N3O10/c1-11-18(38-20(30)13-4-8-15(9-5-13)28(34)35)16(26-21(31)22(23,24)25)10-17(36-11)37-19(29)12-2-6-14(7-3-12)27(32)33/h2-9,11,16-18H,10H2,1H3,(H,26,31). The number of carbonyl (C=O) groups excluding carboxylic acids is 3. The van der Waals surface area contributed by atoms with Crippen LogP contribution < -0.4 is 5.32 Å². The Morgan fingerprint density at radius 3 is 1.76 bits per heavy atom. The molecule has 1 fully saturated rings. The number of hydrogen-bond donors (Lipinski definition) is 1. The Bertz CT molecular complexity index is 1230. The van der Waals surface area contributed by atoms with Crippen LogP contribution in [0.1, 0.15) is 34.1 Å². The Balaban J connectivity index is 1.76. The van der Waals surface area contributed by atoms with Crippen molar-refractivity contribution >= 4 is 29.2 Å². The number of benzene rings is 2. The van der Waals surface area contributed by atoms with Crippen LogP contribution in [0.3, 0.4) is 0 Å². The second kappa shape index (κ2) is 11.2. The van der Waals surface area contributed by atoms with Crippen molar-refractivity contribution in [3.8, 4) is 0 Å². The Morgan fingerprint density at radius 2 is 1.34 bits per heavy atom. The zero-order valence-electron chi connectivity index (χ0n) is 19.2. The second-order valence-corrected chi connectivity index (χ2v) is 7.97. The van der Waals surface area contributed by atoms with Gasteiger partial charge in [0, 0.05) is 30.7 Å². The van der Waals surface area contributed by atoms with Crippen molar-refractivity contribution in [2.45, 2.75) is 44.1 Å². The topological polar surface area (TPSA) is 177 Å². The number of esters is 2. The smallest absolute Gasteiger partial charge is 0.454 e. The highest BCUT2D eigenvalue weighted by Crippen LogP contribution is 2.27. The molecule has 0 bridgehead atoms. The van der Waals surface area contributed by atoms with E-state index >= 15 is 0 Å². The van der Waals surface area contributed by atoms with Crippen molar-refractivity contribution in [2.75, 3.05) is 0 Å². The first-order valence-corrected chi connectivity index (χ1v) is 10.7. The number of nitro groups is 2. The number of hydrogen-bond acceptors (Lipinski definition) is 10. The van der Waals surface area contributed by atoms with Gasteiger partial charge >= 0.3 is 24.0 Å². The average molecular weight is 541 g/mol. The maximum Gasteiger partial charge on any atom is 0.471 e. The zero-order valence-corrected chi connectivity index (χ0v) is 19.2. The van der Waals surface area contributed by atoms with Gasteiger partial charge in [0.15, 0.2) is 0 Å². The van der Waals surface area contributed by atoms with Crippen LogP contribution in [0.2, 0.25) is 0 Å². The third-order valence-corrected chi connectivity index (χ3v) is 5.36. The number of carbonyl (C=O) groups is 3. The Kier molecular flexibility index (Phi) is 8.25. The molecule has 16 heteroatoms. The van der Waals surface area contributed by atoms with E-state index in [1.165, 1.54) is 6.92 Å². The minimum atomic E-state index is -5.28. The van der Waals surface area contributed by atoms with Gasteiger partial charge in [-0.1, -0.05) is 0 Å². The van der Waals surface area contributed by atoms with Gasteiger partial charge in [-0.25, -0.2) is 9.59 Å². The van der Waals surface area contributed by atoms with Gasteiger partial charge in [-0.05, 0) is 31.2 Å². The molecule has 1 amide bonds. The van der Waals surface area contributed by atoms with E-state index in [1.807, 2.05) is 0 Å². The summed E-state index contributed by atoms with van der Waals surface area (Å²) in [5.74, 6) is -4.42. The van der Waals surface area contributed by atoms with Gasteiger partial charge in [0.2, 0.25) is 6.29 Å². The van der Waals surface area contributed by atoms with Crippen molar-refractivity contribution in [1.82, 2.24) is 5.32 Å². The highest BCUT2D eigenvalue weighted by atomic mass is 19.4. The van der Waals surface area contributed by atoms with Gasteiger partial charge < -0.3 is 19.5 Å². The number of nitrogens with one attached hydrogen (secondary N) is 1. The summed E-state index contributed by atoms with van der Waals surface area (Å²) in [6.07, 6.45) is -9.99. The molecule has 38 heavy (non-hydrogen) atoms. The van der Waals surface area contributed by atoms with Gasteiger partial charge in [0.25, 0.3) is 11.4 Å². The zero-order chi connectivity index (χ0) is 28.2.